The number of rotatable bonds is 8. The number of hydrogen-bond acceptors (Lipinski definition) is 9. The molecule has 0 spiro atoms. The van der Waals surface area contributed by atoms with Crippen LogP contribution in [0, 0.1) is 28.5 Å². The number of aliphatic hydroxyl groups excluding tert-OH is 2. The van der Waals surface area contributed by atoms with Crippen molar-refractivity contribution in [3.8, 4) is 11.5 Å². The number of carbonyl (C=O) groups is 3. The van der Waals surface area contributed by atoms with Crippen molar-refractivity contribution in [2.24, 2.45) is 28.4 Å². The van der Waals surface area contributed by atoms with Gasteiger partial charge < -0.3 is 25.8 Å². The van der Waals surface area contributed by atoms with Crippen molar-refractivity contribution in [3.05, 3.63) is 81.6 Å². The molecule has 0 aliphatic heterocycles. The molecule has 0 aromatic heterocycles. The van der Waals surface area contributed by atoms with Gasteiger partial charge in [0.05, 0.1) is 23.6 Å². The van der Waals surface area contributed by atoms with Gasteiger partial charge in [-0.05, 0) is 70.4 Å². The van der Waals surface area contributed by atoms with E-state index in [4.69, 9.17) is 10.5 Å². The molecule has 0 bridgehead atoms. The number of para-hydroxylation sites is 1. The molecule has 5 N–H and O–H groups in total. The first-order chi connectivity index (χ1) is 21.9. The lowest BCUT2D eigenvalue weighted by Gasteiger charge is -2.52. The first-order valence-corrected chi connectivity index (χ1v) is 15.8. The van der Waals surface area contributed by atoms with Gasteiger partial charge in [0, 0.05) is 35.2 Å². The molecule has 0 heterocycles. The van der Waals surface area contributed by atoms with E-state index in [1.807, 2.05) is 25.7 Å². The molecule has 0 saturated heterocycles. The normalized spacial score (nSPS) is 25.1. The number of carbonyl (C=O) groups excluding carboxylic acids is 3. The van der Waals surface area contributed by atoms with Gasteiger partial charge in [0.1, 0.15) is 34.4 Å². The Labute approximate surface area is 274 Å². The summed E-state index contributed by atoms with van der Waals surface area (Å²) in [7, 11) is 5.13. The van der Waals surface area contributed by atoms with Crippen LogP contribution in [-0.2, 0) is 22.6 Å². The van der Waals surface area contributed by atoms with E-state index in [1.54, 1.807) is 63.3 Å². The fourth-order valence-corrected chi connectivity index (χ4v) is 7.96. The van der Waals surface area contributed by atoms with Gasteiger partial charge >= 0.3 is 0 Å². The number of hydrogen-bond donors (Lipinski definition) is 4. The van der Waals surface area contributed by atoms with E-state index >= 15 is 4.39 Å². The summed E-state index contributed by atoms with van der Waals surface area (Å²) >= 11 is 0. The highest BCUT2D eigenvalue weighted by atomic mass is 19.1. The highest BCUT2D eigenvalue weighted by Crippen LogP contribution is 2.58. The Kier molecular flexibility index (Phi) is 8.89. The molecule has 2 aromatic carbocycles. The number of Topliss-reactive ketones (excluding diaryl/α,β-unsaturated/α-hetero) is 2. The van der Waals surface area contributed by atoms with Gasteiger partial charge in [0.15, 0.2) is 11.6 Å². The van der Waals surface area contributed by atoms with E-state index in [9.17, 15) is 29.7 Å². The number of ketones is 2. The Balaban J connectivity index is 1.73. The molecule has 5 rings (SSSR count). The van der Waals surface area contributed by atoms with Crippen LogP contribution in [0.5, 0.6) is 11.5 Å². The van der Waals surface area contributed by atoms with E-state index in [0.29, 0.717) is 5.75 Å². The Morgan fingerprint density at radius 1 is 1.15 bits per heavy atom. The number of primary amides is 1. The second-order valence-corrected chi connectivity index (χ2v) is 14.5. The molecule has 1 amide bonds. The largest absolute Gasteiger partial charge is 0.510 e. The van der Waals surface area contributed by atoms with Gasteiger partial charge in [0.2, 0.25) is 0 Å². The fourth-order valence-electron chi connectivity index (χ4n) is 7.96. The number of fused-ring (bicyclic) bond motifs is 3. The Bertz CT molecular complexity index is 1690. The molecule has 252 valence electrons. The molecule has 11 heteroatoms. The van der Waals surface area contributed by atoms with E-state index in [2.05, 4.69) is 0 Å². The van der Waals surface area contributed by atoms with Crippen molar-refractivity contribution in [2.75, 3.05) is 27.7 Å². The molecular weight excluding hydrogens is 605 g/mol. The van der Waals surface area contributed by atoms with Crippen molar-refractivity contribution in [1.82, 2.24) is 9.80 Å². The lowest BCUT2D eigenvalue weighted by atomic mass is 9.54. The number of benzene rings is 2. The third-order valence-electron chi connectivity index (χ3n) is 10.3. The van der Waals surface area contributed by atoms with Crippen LogP contribution in [0.1, 0.15) is 55.6 Å². The maximum atomic E-state index is 16.5. The van der Waals surface area contributed by atoms with Crippen molar-refractivity contribution in [3.63, 3.8) is 0 Å². The zero-order chi connectivity index (χ0) is 34.7. The summed E-state index contributed by atoms with van der Waals surface area (Å²) in [6.45, 7) is 7.46. The summed E-state index contributed by atoms with van der Waals surface area (Å²) in [5, 5.41) is 33.1. The van der Waals surface area contributed by atoms with Crippen LogP contribution in [0.25, 0.3) is 0 Å². The molecule has 3 aliphatic rings. The van der Waals surface area contributed by atoms with Gasteiger partial charge in [-0.25, -0.2) is 4.39 Å². The second kappa shape index (κ2) is 12.2. The SMILES string of the molecule is CN(C)[C@@H]1C(=O)C(C(N)=O)=C(O)[C@@]2(C)C(Oc3ccccc3)=C3C(=O)c4c(O)cc(CN(C)[C@H](CO)C(C)(C)C)c(F)c4C[C@H]3C[C@@H]12. The molecule has 2 aromatic rings. The number of amides is 1. The minimum absolute atomic E-state index is 0.0196. The number of phenols is 1. The van der Waals surface area contributed by atoms with Gasteiger partial charge in [-0.2, -0.15) is 0 Å². The summed E-state index contributed by atoms with van der Waals surface area (Å²) in [5.41, 5.74) is 3.40. The molecule has 0 saturated carbocycles. The molecule has 47 heavy (non-hydrogen) atoms. The summed E-state index contributed by atoms with van der Waals surface area (Å²) in [6.07, 6.45) is 0.191. The maximum absolute atomic E-state index is 16.5. The highest BCUT2D eigenvalue weighted by Gasteiger charge is 2.61. The summed E-state index contributed by atoms with van der Waals surface area (Å²) < 4.78 is 22.9. The fraction of sp³-hybridized carbons (Fsp3) is 0.472. The predicted octanol–water partition coefficient (Wildman–Crippen LogP) is 3.89. The number of aromatic hydroxyl groups is 1. The van der Waals surface area contributed by atoms with Gasteiger partial charge in [-0.1, -0.05) is 39.0 Å². The second-order valence-electron chi connectivity index (χ2n) is 14.5. The highest BCUT2D eigenvalue weighted by molar-refractivity contribution is 6.22. The average molecular weight is 650 g/mol. The number of nitrogens with zero attached hydrogens (tertiary/aromatic N) is 2. The number of halogens is 1. The Morgan fingerprint density at radius 2 is 1.79 bits per heavy atom. The van der Waals surface area contributed by atoms with Gasteiger partial charge in [-0.15, -0.1) is 0 Å². The van der Waals surface area contributed by atoms with Crippen LogP contribution in [0.2, 0.25) is 0 Å². The van der Waals surface area contributed by atoms with Crippen LogP contribution < -0.4 is 10.5 Å². The van der Waals surface area contributed by atoms with Crippen molar-refractivity contribution in [2.45, 2.75) is 59.2 Å². The van der Waals surface area contributed by atoms with E-state index in [-0.39, 0.29) is 65.5 Å². The lowest BCUT2D eigenvalue weighted by molar-refractivity contribution is -0.129. The minimum atomic E-state index is -1.55. The third-order valence-corrected chi connectivity index (χ3v) is 10.3. The Hall–Kier alpha value is -4.06. The quantitative estimate of drug-likeness (QED) is 0.312. The van der Waals surface area contributed by atoms with Gasteiger partial charge in [0.25, 0.3) is 5.91 Å². The molecule has 0 unspecified atom stereocenters. The summed E-state index contributed by atoms with van der Waals surface area (Å²) in [6, 6.07) is 8.61. The van der Waals surface area contributed by atoms with Crippen molar-refractivity contribution >= 4 is 17.5 Å². The molecule has 3 aliphatic carbocycles. The van der Waals surface area contributed by atoms with Crippen molar-refractivity contribution < 1.29 is 38.8 Å². The Morgan fingerprint density at radius 3 is 2.34 bits per heavy atom. The summed E-state index contributed by atoms with van der Waals surface area (Å²) in [5.74, 6) is -4.98. The topological polar surface area (TPSA) is 154 Å². The monoisotopic (exact) mass is 649 g/mol. The summed E-state index contributed by atoms with van der Waals surface area (Å²) in [4.78, 5) is 44.2. The number of aliphatic hydroxyl groups is 2. The van der Waals surface area contributed by atoms with E-state index in [1.165, 1.54) is 6.07 Å². The number of nitrogens with two attached hydrogens (primary N) is 1. The van der Waals surface area contributed by atoms with E-state index < -0.39 is 63.7 Å². The number of ether oxygens (including phenoxy) is 1. The maximum Gasteiger partial charge on any atom is 0.255 e. The van der Waals surface area contributed by atoms with Crippen LogP contribution in [0.15, 0.2) is 59.1 Å². The average Bonchev–Trinajstić information content (AvgIpc) is 2.97. The minimum Gasteiger partial charge on any atom is -0.510 e. The van der Waals surface area contributed by atoms with E-state index in [0.717, 1.165) is 0 Å². The first-order valence-electron chi connectivity index (χ1n) is 15.8. The zero-order valence-corrected chi connectivity index (χ0v) is 27.9. The number of allylic oxidation sites excluding steroid dienone is 1. The van der Waals surface area contributed by atoms with Crippen LogP contribution in [0.3, 0.4) is 0 Å². The standard InChI is InChI=1S/C36H44FN3O7/c1-35(2,3)24(17-41)40(7)16-19-15-23(42)26-21(28(19)37)13-18-14-22-29(39(5)6)31(44)27(34(38)46)32(45)36(22,4)33(25(18)30(26)43)47-20-11-9-8-10-12-20/h8-12,15,18,22,24,29,41-42,45H,13-14,16-17H2,1-7H3,(H2,38,46)/t18-,22-,24+,29-,36-/m0/s1. The molecule has 0 fully saturated rings. The third kappa shape index (κ3) is 5.54. The number of phenolic OH excluding ortho intramolecular Hbond substituents is 1. The molecule has 0 radical (unpaired) electrons. The zero-order valence-electron chi connectivity index (χ0n) is 27.9. The molecule has 5 atom stereocenters. The van der Waals surface area contributed by atoms with Gasteiger partial charge in [-0.3, -0.25) is 24.2 Å². The van der Waals surface area contributed by atoms with Crippen LogP contribution >= 0.6 is 0 Å². The molecule has 10 nitrogen and oxygen atoms in total. The lowest BCUT2D eigenvalue weighted by Crippen LogP contribution is -2.59. The van der Waals surface area contributed by atoms with Crippen LogP contribution in [-0.4, -0.2) is 82.4 Å². The number of likely N-dealkylation sites (N-methyl/N-ethyl adjacent to an activating group) is 2. The van der Waals surface area contributed by atoms with Crippen molar-refractivity contribution in [1.29, 1.82) is 0 Å². The molecular formula is C36H44FN3O7. The van der Waals surface area contributed by atoms with Crippen LogP contribution in [0.4, 0.5) is 4.39 Å². The first kappa shape index (κ1) is 34.3. The predicted molar refractivity (Wildman–Crippen MR) is 173 cm³/mol. The smallest absolute Gasteiger partial charge is 0.255 e.